The minimum Gasteiger partial charge on any atom is -0.497 e. The molecule has 0 saturated carbocycles. The molecule has 0 spiro atoms. The first-order chi connectivity index (χ1) is 12.9. The molecule has 3 aromatic carbocycles. The molecule has 0 unspecified atom stereocenters. The van der Waals surface area contributed by atoms with E-state index in [4.69, 9.17) is 4.74 Å². The van der Waals surface area contributed by atoms with E-state index in [2.05, 4.69) is 0 Å². The van der Waals surface area contributed by atoms with E-state index in [0.29, 0.717) is 11.4 Å². The predicted octanol–water partition coefficient (Wildman–Crippen LogP) is 4.71. The number of sulfonamides is 1. The molecule has 0 radical (unpaired) electrons. The number of hydrogen-bond acceptors (Lipinski definition) is 3. The van der Waals surface area contributed by atoms with Crippen molar-refractivity contribution in [3.8, 4) is 5.75 Å². The third-order valence-corrected chi connectivity index (χ3v) is 6.18. The average Bonchev–Trinajstić information content (AvgIpc) is 2.67. The maximum atomic E-state index is 13.4. The van der Waals surface area contributed by atoms with Gasteiger partial charge < -0.3 is 4.74 Å². The second kappa shape index (κ2) is 7.84. The van der Waals surface area contributed by atoms with Crippen molar-refractivity contribution in [2.75, 3.05) is 11.4 Å². The minimum atomic E-state index is -3.71. The van der Waals surface area contributed by atoms with Crippen LogP contribution in [-0.4, -0.2) is 15.5 Å². The van der Waals surface area contributed by atoms with Crippen LogP contribution in [0.5, 0.6) is 5.75 Å². The van der Waals surface area contributed by atoms with Gasteiger partial charge in [0.25, 0.3) is 10.0 Å². The highest BCUT2D eigenvalue weighted by Gasteiger charge is 2.25. The van der Waals surface area contributed by atoms with Crippen molar-refractivity contribution in [2.45, 2.75) is 25.3 Å². The first-order valence-electron chi connectivity index (χ1n) is 8.69. The van der Waals surface area contributed by atoms with E-state index in [1.807, 2.05) is 74.5 Å². The molecule has 140 valence electrons. The molecule has 4 nitrogen and oxygen atoms in total. The molecule has 0 aromatic heterocycles. The minimum absolute atomic E-state index is 0.219. The molecule has 0 fully saturated rings. The van der Waals surface area contributed by atoms with E-state index < -0.39 is 10.0 Å². The quantitative estimate of drug-likeness (QED) is 0.621. The van der Waals surface area contributed by atoms with Gasteiger partial charge in [0, 0.05) is 0 Å². The Morgan fingerprint density at radius 2 is 1.44 bits per heavy atom. The Morgan fingerprint density at radius 3 is 2.04 bits per heavy atom. The number of rotatable bonds is 6. The summed E-state index contributed by atoms with van der Waals surface area (Å²) in [6.07, 6.45) is 0. The Kier molecular flexibility index (Phi) is 5.51. The van der Waals surface area contributed by atoms with E-state index in [-0.39, 0.29) is 11.4 Å². The van der Waals surface area contributed by atoms with Crippen LogP contribution in [0.15, 0.2) is 77.7 Å². The van der Waals surface area contributed by atoms with E-state index >= 15 is 0 Å². The van der Waals surface area contributed by atoms with Crippen molar-refractivity contribution in [1.29, 1.82) is 0 Å². The fourth-order valence-electron chi connectivity index (χ4n) is 2.80. The Balaban J connectivity index is 2.06. The van der Waals surface area contributed by atoms with Crippen LogP contribution in [-0.2, 0) is 16.6 Å². The number of benzene rings is 3. The molecule has 0 N–H and O–H groups in total. The van der Waals surface area contributed by atoms with Gasteiger partial charge in [-0.1, -0.05) is 47.5 Å². The van der Waals surface area contributed by atoms with Crippen LogP contribution >= 0.6 is 0 Å². The van der Waals surface area contributed by atoms with Gasteiger partial charge in [-0.15, -0.1) is 0 Å². The molecule has 3 aromatic rings. The summed E-state index contributed by atoms with van der Waals surface area (Å²) >= 11 is 0. The Bertz CT molecular complexity index is 1010. The lowest BCUT2D eigenvalue weighted by atomic mass is 10.2. The highest BCUT2D eigenvalue weighted by atomic mass is 32.2. The predicted molar refractivity (Wildman–Crippen MR) is 109 cm³/mol. The average molecular weight is 381 g/mol. The third kappa shape index (κ3) is 4.31. The van der Waals surface area contributed by atoms with Gasteiger partial charge in [-0.25, -0.2) is 8.42 Å². The van der Waals surface area contributed by atoms with Crippen molar-refractivity contribution in [1.82, 2.24) is 0 Å². The maximum absolute atomic E-state index is 13.4. The van der Waals surface area contributed by atoms with Crippen molar-refractivity contribution in [3.63, 3.8) is 0 Å². The van der Waals surface area contributed by atoms with Crippen molar-refractivity contribution < 1.29 is 13.2 Å². The number of anilines is 1. The summed E-state index contributed by atoms with van der Waals surface area (Å²) in [5, 5.41) is 0. The van der Waals surface area contributed by atoms with E-state index in [1.54, 1.807) is 19.2 Å². The largest absolute Gasteiger partial charge is 0.497 e. The first-order valence-corrected chi connectivity index (χ1v) is 10.1. The fourth-order valence-corrected chi connectivity index (χ4v) is 4.25. The summed E-state index contributed by atoms with van der Waals surface area (Å²) in [5.41, 5.74) is 3.58. The van der Waals surface area contributed by atoms with Crippen molar-refractivity contribution in [3.05, 3.63) is 89.5 Å². The molecule has 0 amide bonds. The summed E-state index contributed by atoms with van der Waals surface area (Å²) in [6.45, 7) is 4.13. The zero-order valence-electron chi connectivity index (χ0n) is 15.7. The van der Waals surface area contributed by atoms with Gasteiger partial charge in [0.15, 0.2) is 0 Å². The molecule has 0 aliphatic carbocycles. The number of nitrogens with zero attached hydrogens (tertiary/aromatic N) is 1. The Hall–Kier alpha value is -2.79. The molecule has 0 heterocycles. The Morgan fingerprint density at radius 1 is 0.852 bits per heavy atom. The monoisotopic (exact) mass is 381 g/mol. The summed E-state index contributed by atoms with van der Waals surface area (Å²) in [5.74, 6) is 0.698. The normalized spacial score (nSPS) is 11.2. The standard InChI is InChI=1S/C22H23NO3S/c1-17-7-11-20(12-8-17)23(16-19-5-4-6-21(15-19)26-3)27(24,25)22-13-9-18(2)10-14-22/h4-15H,16H2,1-3H3. The summed E-state index contributed by atoms with van der Waals surface area (Å²) < 4.78 is 33.5. The van der Waals surface area contributed by atoms with Gasteiger partial charge >= 0.3 is 0 Å². The van der Waals surface area contributed by atoms with Crippen LogP contribution < -0.4 is 9.04 Å². The zero-order chi connectivity index (χ0) is 19.4. The van der Waals surface area contributed by atoms with Gasteiger partial charge in [-0.3, -0.25) is 4.31 Å². The van der Waals surface area contributed by atoms with Gasteiger partial charge in [0.2, 0.25) is 0 Å². The van der Waals surface area contributed by atoms with Crippen LogP contribution in [0.25, 0.3) is 0 Å². The van der Waals surface area contributed by atoms with Crippen LogP contribution in [0, 0.1) is 13.8 Å². The SMILES string of the molecule is COc1cccc(CN(c2ccc(C)cc2)S(=O)(=O)c2ccc(C)cc2)c1. The summed E-state index contributed by atoms with van der Waals surface area (Å²) in [7, 11) is -2.11. The van der Waals surface area contributed by atoms with Gasteiger partial charge in [0.05, 0.1) is 24.2 Å². The van der Waals surface area contributed by atoms with E-state index in [0.717, 1.165) is 16.7 Å². The van der Waals surface area contributed by atoms with Crippen LogP contribution in [0.4, 0.5) is 5.69 Å². The number of hydrogen-bond donors (Lipinski definition) is 0. The number of methoxy groups -OCH3 is 1. The van der Waals surface area contributed by atoms with Crippen LogP contribution in [0.3, 0.4) is 0 Å². The molecule has 0 bridgehead atoms. The molecule has 3 rings (SSSR count). The Labute approximate surface area is 161 Å². The van der Waals surface area contributed by atoms with E-state index in [9.17, 15) is 8.42 Å². The number of ether oxygens (including phenoxy) is 1. The second-order valence-corrected chi connectivity index (χ2v) is 8.37. The molecule has 0 aliphatic heterocycles. The summed E-state index contributed by atoms with van der Waals surface area (Å²) in [4.78, 5) is 0.275. The zero-order valence-corrected chi connectivity index (χ0v) is 16.5. The molecule has 0 atom stereocenters. The van der Waals surface area contributed by atoms with Gasteiger partial charge in [-0.05, 0) is 55.8 Å². The molecule has 0 aliphatic rings. The van der Waals surface area contributed by atoms with E-state index in [1.165, 1.54) is 4.31 Å². The van der Waals surface area contributed by atoms with Crippen molar-refractivity contribution >= 4 is 15.7 Å². The highest BCUT2D eigenvalue weighted by molar-refractivity contribution is 7.92. The lowest BCUT2D eigenvalue weighted by Crippen LogP contribution is -2.30. The third-order valence-electron chi connectivity index (χ3n) is 4.39. The lowest BCUT2D eigenvalue weighted by Gasteiger charge is -2.25. The number of aryl methyl sites for hydroxylation is 2. The highest BCUT2D eigenvalue weighted by Crippen LogP contribution is 2.27. The summed E-state index contributed by atoms with van der Waals surface area (Å²) in [6, 6.07) is 21.9. The topological polar surface area (TPSA) is 46.6 Å². The van der Waals surface area contributed by atoms with Crippen LogP contribution in [0.1, 0.15) is 16.7 Å². The maximum Gasteiger partial charge on any atom is 0.264 e. The van der Waals surface area contributed by atoms with Crippen LogP contribution in [0.2, 0.25) is 0 Å². The molecule has 0 saturated heterocycles. The molecule has 27 heavy (non-hydrogen) atoms. The van der Waals surface area contributed by atoms with Gasteiger partial charge in [-0.2, -0.15) is 0 Å². The second-order valence-electron chi connectivity index (χ2n) is 6.51. The fraction of sp³-hybridized carbons (Fsp3) is 0.182. The van der Waals surface area contributed by atoms with Gasteiger partial charge in [0.1, 0.15) is 5.75 Å². The smallest absolute Gasteiger partial charge is 0.264 e. The molecule has 5 heteroatoms. The molecular formula is C22H23NO3S. The first kappa shape index (κ1) is 19.0. The lowest BCUT2D eigenvalue weighted by molar-refractivity contribution is 0.414. The van der Waals surface area contributed by atoms with Crippen molar-refractivity contribution in [2.24, 2.45) is 0 Å². The molecular weight excluding hydrogens is 358 g/mol.